The molecule has 1 fully saturated rings. The molecular weight excluding hydrogens is 304 g/mol. The second-order valence-electron chi connectivity index (χ2n) is 6.21. The summed E-state index contributed by atoms with van der Waals surface area (Å²) < 4.78 is 11.6. The average Bonchev–Trinajstić information content (AvgIpc) is 3.17. The number of rotatable bonds is 5. The van der Waals surface area contributed by atoms with Crippen LogP contribution in [0.5, 0.6) is 11.5 Å². The Bertz CT molecular complexity index is 671. The highest BCUT2D eigenvalue weighted by atomic mass is 16.6. The Morgan fingerprint density at radius 3 is 2.62 bits per heavy atom. The third-order valence-corrected chi connectivity index (χ3v) is 4.35. The zero-order valence-corrected chi connectivity index (χ0v) is 13.6. The van der Waals surface area contributed by atoms with Crippen LogP contribution in [0.4, 0.5) is 5.95 Å². The van der Waals surface area contributed by atoms with E-state index in [0.29, 0.717) is 6.61 Å². The van der Waals surface area contributed by atoms with Crippen molar-refractivity contribution in [2.24, 2.45) is 0 Å². The topological polar surface area (TPSA) is 59.5 Å². The minimum atomic E-state index is 0.0182. The van der Waals surface area contributed by atoms with E-state index < -0.39 is 0 Å². The van der Waals surface area contributed by atoms with Crippen LogP contribution in [-0.2, 0) is 6.54 Å². The number of ether oxygens (including phenoxy) is 2. The van der Waals surface area contributed by atoms with Crippen molar-refractivity contribution in [2.75, 3.05) is 31.1 Å². The van der Waals surface area contributed by atoms with Gasteiger partial charge in [0.15, 0.2) is 11.5 Å². The largest absolute Gasteiger partial charge is 0.486 e. The van der Waals surface area contributed by atoms with Crippen LogP contribution < -0.4 is 19.7 Å². The molecule has 1 N–H and O–H groups in total. The summed E-state index contributed by atoms with van der Waals surface area (Å²) in [6, 6.07) is 7.77. The van der Waals surface area contributed by atoms with E-state index >= 15 is 0 Å². The van der Waals surface area contributed by atoms with Crippen molar-refractivity contribution < 1.29 is 9.47 Å². The molecule has 0 bridgehead atoms. The summed E-state index contributed by atoms with van der Waals surface area (Å²) >= 11 is 0. The molecule has 1 aromatic heterocycles. The van der Waals surface area contributed by atoms with Crippen molar-refractivity contribution in [1.29, 1.82) is 0 Å². The van der Waals surface area contributed by atoms with E-state index in [2.05, 4.69) is 20.2 Å². The lowest BCUT2D eigenvalue weighted by Gasteiger charge is -2.26. The number of nitrogens with zero attached hydrogens (tertiary/aromatic N) is 3. The molecule has 1 saturated heterocycles. The first-order valence-electron chi connectivity index (χ1n) is 8.53. The first kappa shape index (κ1) is 15.2. The molecule has 6 heteroatoms. The van der Waals surface area contributed by atoms with E-state index in [-0.39, 0.29) is 6.10 Å². The number of hydrogen-bond donors (Lipinski definition) is 1. The lowest BCUT2D eigenvalue weighted by Crippen LogP contribution is -2.38. The fourth-order valence-corrected chi connectivity index (χ4v) is 3.06. The van der Waals surface area contributed by atoms with Crippen LogP contribution in [0.1, 0.15) is 18.4 Å². The van der Waals surface area contributed by atoms with Crippen LogP contribution >= 0.6 is 0 Å². The molecule has 1 aromatic carbocycles. The number of anilines is 1. The summed E-state index contributed by atoms with van der Waals surface area (Å²) in [5.74, 6) is 2.48. The second kappa shape index (κ2) is 7.05. The molecule has 4 rings (SSSR count). The Hall–Kier alpha value is -2.34. The lowest BCUT2D eigenvalue weighted by molar-refractivity contribution is 0.0902. The summed E-state index contributed by atoms with van der Waals surface area (Å²) in [5.41, 5.74) is 1.08. The summed E-state index contributed by atoms with van der Waals surface area (Å²) in [6.07, 6.45) is 6.30. The molecular formula is C18H22N4O2. The highest BCUT2D eigenvalue weighted by Gasteiger charge is 2.20. The molecule has 0 radical (unpaired) electrons. The first-order valence-corrected chi connectivity index (χ1v) is 8.53. The maximum atomic E-state index is 5.93. The quantitative estimate of drug-likeness (QED) is 0.907. The Labute approximate surface area is 141 Å². The molecule has 24 heavy (non-hydrogen) atoms. The summed E-state index contributed by atoms with van der Waals surface area (Å²) in [7, 11) is 0. The van der Waals surface area contributed by atoms with Crippen molar-refractivity contribution in [3.63, 3.8) is 0 Å². The highest BCUT2D eigenvalue weighted by molar-refractivity contribution is 5.40. The van der Waals surface area contributed by atoms with Crippen molar-refractivity contribution in [2.45, 2.75) is 25.5 Å². The van der Waals surface area contributed by atoms with Gasteiger partial charge < -0.3 is 19.7 Å². The number of nitrogens with one attached hydrogen (secondary N) is 1. The molecule has 0 aliphatic carbocycles. The molecule has 1 unspecified atom stereocenters. The molecule has 0 amide bonds. The average molecular weight is 326 g/mol. The van der Waals surface area contributed by atoms with Gasteiger partial charge in [0.2, 0.25) is 5.95 Å². The van der Waals surface area contributed by atoms with Gasteiger partial charge >= 0.3 is 0 Å². The predicted molar refractivity (Wildman–Crippen MR) is 91.5 cm³/mol. The fourth-order valence-electron chi connectivity index (χ4n) is 3.06. The van der Waals surface area contributed by atoms with Crippen LogP contribution in [0.2, 0.25) is 0 Å². The standard InChI is InChI=1S/C18H22N4O2/c1-2-6-17-16(5-1)23-13-15(24-17)12-19-9-14-10-20-18(21-11-14)22-7-3-4-8-22/h1-2,5-6,10-11,15,19H,3-4,7-9,12-13H2. The molecule has 2 aromatic rings. The minimum absolute atomic E-state index is 0.0182. The van der Waals surface area contributed by atoms with Crippen LogP contribution in [-0.4, -0.2) is 42.3 Å². The van der Waals surface area contributed by atoms with Crippen molar-refractivity contribution in [1.82, 2.24) is 15.3 Å². The van der Waals surface area contributed by atoms with Crippen LogP contribution in [0.25, 0.3) is 0 Å². The number of benzene rings is 1. The Morgan fingerprint density at radius 2 is 1.83 bits per heavy atom. The van der Waals surface area contributed by atoms with Gasteiger partial charge in [-0.05, 0) is 25.0 Å². The summed E-state index contributed by atoms with van der Waals surface area (Å²) in [5, 5.41) is 3.39. The molecule has 3 heterocycles. The number of para-hydroxylation sites is 2. The second-order valence-corrected chi connectivity index (χ2v) is 6.21. The van der Waals surface area contributed by atoms with E-state index in [9.17, 15) is 0 Å². The summed E-state index contributed by atoms with van der Waals surface area (Å²) in [4.78, 5) is 11.2. The van der Waals surface area contributed by atoms with Gasteiger partial charge in [-0.1, -0.05) is 12.1 Å². The maximum Gasteiger partial charge on any atom is 0.225 e. The normalized spacial score (nSPS) is 19.5. The van der Waals surface area contributed by atoms with Gasteiger partial charge in [-0.2, -0.15) is 0 Å². The van der Waals surface area contributed by atoms with Gasteiger partial charge in [0.25, 0.3) is 0 Å². The zero-order chi connectivity index (χ0) is 16.2. The zero-order valence-electron chi connectivity index (χ0n) is 13.6. The number of hydrogen-bond acceptors (Lipinski definition) is 6. The first-order chi connectivity index (χ1) is 11.9. The van der Waals surface area contributed by atoms with E-state index in [4.69, 9.17) is 9.47 Å². The van der Waals surface area contributed by atoms with Gasteiger partial charge in [-0.15, -0.1) is 0 Å². The third kappa shape index (κ3) is 3.43. The van der Waals surface area contributed by atoms with Crippen LogP contribution in [0.15, 0.2) is 36.7 Å². The summed E-state index contributed by atoms with van der Waals surface area (Å²) in [6.45, 7) is 4.15. The maximum absolute atomic E-state index is 5.93. The van der Waals surface area contributed by atoms with Crippen molar-refractivity contribution in [3.05, 3.63) is 42.2 Å². The van der Waals surface area contributed by atoms with Gasteiger partial charge in [0, 0.05) is 44.1 Å². The van der Waals surface area contributed by atoms with Gasteiger partial charge in [0.1, 0.15) is 12.7 Å². The van der Waals surface area contributed by atoms with Crippen LogP contribution in [0, 0.1) is 0 Å². The predicted octanol–water partition coefficient (Wildman–Crippen LogP) is 2.01. The molecule has 126 valence electrons. The van der Waals surface area contributed by atoms with E-state index in [0.717, 1.165) is 49.2 Å². The number of fused-ring (bicyclic) bond motifs is 1. The Kier molecular flexibility index (Phi) is 4.46. The van der Waals surface area contributed by atoms with E-state index in [1.807, 2.05) is 36.7 Å². The van der Waals surface area contributed by atoms with E-state index in [1.54, 1.807) is 0 Å². The van der Waals surface area contributed by atoms with Gasteiger partial charge in [-0.25, -0.2) is 9.97 Å². The molecule has 0 spiro atoms. The van der Waals surface area contributed by atoms with Crippen LogP contribution in [0.3, 0.4) is 0 Å². The molecule has 2 aliphatic heterocycles. The smallest absolute Gasteiger partial charge is 0.225 e. The number of aromatic nitrogens is 2. The fraction of sp³-hybridized carbons (Fsp3) is 0.444. The molecule has 2 aliphatic rings. The van der Waals surface area contributed by atoms with Gasteiger partial charge in [0.05, 0.1) is 0 Å². The van der Waals surface area contributed by atoms with E-state index in [1.165, 1.54) is 12.8 Å². The Balaban J connectivity index is 1.25. The molecule has 6 nitrogen and oxygen atoms in total. The third-order valence-electron chi connectivity index (χ3n) is 4.35. The van der Waals surface area contributed by atoms with Crippen molar-refractivity contribution >= 4 is 5.95 Å². The SMILES string of the molecule is c1ccc2c(c1)OCC(CNCc1cnc(N3CCCC3)nc1)O2. The van der Waals surface area contributed by atoms with Crippen molar-refractivity contribution in [3.8, 4) is 11.5 Å². The molecule has 1 atom stereocenters. The minimum Gasteiger partial charge on any atom is -0.486 e. The molecule has 0 saturated carbocycles. The lowest BCUT2D eigenvalue weighted by atomic mass is 10.2. The Morgan fingerprint density at radius 1 is 1.08 bits per heavy atom. The highest BCUT2D eigenvalue weighted by Crippen LogP contribution is 2.30. The van der Waals surface area contributed by atoms with Gasteiger partial charge in [-0.3, -0.25) is 0 Å². The monoisotopic (exact) mass is 326 g/mol.